The average Bonchev–Trinajstić information content (AvgIpc) is 3.32. The van der Waals surface area contributed by atoms with Gasteiger partial charge in [-0.2, -0.15) is 0 Å². The molecule has 1 aromatic carbocycles. The monoisotopic (exact) mass is 469 g/mol. The number of aromatic nitrogens is 4. The summed E-state index contributed by atoms with van der Waals surface area (Å²) in [6.45, 7) is 9.07. The molecule has 1 aliphatic heterocycles. The van der Waals surface area contributed by atoms with Crippen LogP contribution in [0.4, 0.5) is 0 Å². The predicted octanol–water partition coefficient (Wildman–Crippen LogP) is 2.53. The van der Waals surface area contributed by atoms with Crippen molar-refractivity contribution >= 4 is 27.5 Å². The first-order valence-electron chi connectivity index (χ1n) is 10.3. The quantitative estimate of drug-likeness (QED) is 0.414. The summed E-state index contributed by atoms with van der Waals surface area (Å²) in [4.78, 5) is 31.3. The molecule has 0 saturated carbocycles. The van der Waals surface area contributed by atoms with E-state index in [0.29, 0.717) is 25.3 Å². The minimum absolute atomic E-state index is 0.0332. The lowest BCUT2D eigenvalue weighted by Crippen LogP contribution is -2.47. The fraction of sp³-hybridized carbons (Fsp3) is 0.318. The van der Waals surface area contributed by atoms with Crippen LogP contribution in [0.5, 0.6) is 18.0 Å². The number of hydrogen-bond donors (Lipinski definition) is 0. The summed E-state index contributed by atoms with van der Waals surface area (Å²) in [6, 6.07) is 5.67. The van der Waals surface area contributed by atoms with Gasteiger partial charge in [0, 0.05) is 12.1 Å². The molecule has 1 atom stereocenters. The van der Waals surface area contributed by atoms with Crippen LogP contribution in [-0.4, -0.2) is 76.4 Å². The number of nitrogens with zero attached hydrogens (tertiary/aromatic N) is 5. The fourth-order valence-corrected chi connectivity index (χ4v) is 3.84. The van der Waals surface area contributed by atoms with E-state index in [4.69, 9.17) is 18.9 Å². The van der Waals surface area contributed by atoms with Crippen LogP contribution >= 0.6 is 11.3 Å². The molecule has 4 rings (SSSR count). The van der Waals surface area contributed by atoms with Gasteiger partial charge in [-0.15, -0.1) is 26.3 Å². The van der Waals surface area contributed by atoms with Crippen LogP contribution < -0.4 is 14.2 Å². The molecular weight excluding hydrogens is 446 g/mol. The van der Waals surface area contributed by atoms with Crippen LogP contribution in [-0.2, 0) is 4.74 Å². The summed E-state index contributed by atoms with van der Waals surface area (Å²) in [6.07, 6.45) is 2.80. The third-order valence-corrected chi connectivity index (χ3v) is 5.43. The number of amides is 1. The summed E-state index contributed by atoms with van der Waals surface area (Å²) < 4.78 is 23.2. The number of morpholine rings is 1. The van der Waals surface area contributed by atoms with E-state index in [1.54, 1.807) is 28.6 Å². The highest BCUT2D eigenvalue weighted by molar-refractivity contribution is 7.16. The van der Waals surface area contributed by atoms with E-state index in [1.807, 2.05) is 12.1 Å². The molecule has 0 radical (unpaired) electrons. The third kappa shape index (κ3) is 5.82. The predicted molar refractivity (Wildman–Crippen MR) is 122 cm³/mol. The molecule has 0 spiro atoms. The minimum atomic E-state index is -0.346. The van der Waals surface area contributed by atoms with Crippen molar-refractivity contribution in [1.29, 1.82) is 0 Å². The SMILES string of the molecule is C=CCOc1nc(OCC=C)nc(OCC2CN(C(=O)c3ccc4ncsc4c3)CCO2)n1. The molecule has 2 aromatic heterocycles. The maximum Gasteiger partial charge on any atom is 0.326 e. The molecule has 10 nitrogen and oxygen atoms in total. The molecule has 172 valence electrons. The number of thiazole rings is 1. The van der Waals surface area contributed by atoms with Crippen LogP contribution in [0.1, 0.15) is 10.4 Å². The average molecular weight is 470 g/mol. The highest BCUT2D eigenvalue weighted by Gasteiger charge is 2.26. The number of benzene rings is 1. The Kier molecular flexibility index (Phi) is 7.43. The molecule has 0 N–H and O–H groups in total. The molecule has 1 fully saturated rings. The van der Waals surface area contributed by atoms with Gasteiger partial charge in [-0.1, -0.05) is 25.3 Å². The van der Waals surface area contributed by atoms with Gasteiger partial charge in [-0.05, 0) is 18.2 Å². The van der Waals surface area contributed by atoms with Crippen molar-refractivity contribution in [2.45, 2.75) is 6.10 Å². The van der Waals surface area contributed by atoms with Crippen molar-refractivity contribution in [2.75, 3.05) is 39.5 Å². The van der Waals surface area contributed by atoms with Crippen LogP contribution in [0.15, 0.2) is 49.0 Å². The lowest BCUT2D eigenvalue weighted by molar-refractivity contribution is -0.0415. The zero-order valence-corrected chi connectivity index (χ0v) is 18.7. The van der Waals surface area contributed by atoms with Gasteiger partial charge in [-0.3, -0.25) is 4.79 Å². The summed E-state index contributed by atoms with van der Waals surface area (Å²) in [5.74, 6) is -0.0565. The molecule has 0 aliphatic carbocycles. The van der Waals surface area contributed by atoms with Crippen molar-refractivity contribution in [1.82, 2.24) is 24.8 Å². The molecule has 0 bridgehead atoms. The number of hydrogen-bond acceptors (Lipinski definition) is 10. The molecule has 11 heteroatoms. The smallest absolute Gasteiger partial charge is 0.326 e. The largest absolute Gasteiger partial charge is 0.460 e. The molecule has 1 amide bonds. The molecule has 3 heterocycles. The van der Waals surface area contributed by atoms with Crippen molar-refractivity contribution in [3.05, 3.63) is 54.6 Å². The van der Waals surface area contributed by atoms with E-state index in [2.05, 4.69) is 33.1 Å². The molecule has 3 aromatic rings. The topological polar surface area (TPSA) is 109 Å². The fourth-order valence-electron chi connectivity index (χ4n) is 3.12. The highest BCUT2D eigenvalue weighted by atomic mass is 32.1. The summed E-state index contributed by atoms with van der Waals surface area (Å²) in [5, 5.41) is 0. The van der Waals surface area contributed by atoms with Crippen molar-refractivity contribution in [2.24, 2.45) is 0 Å². The van der Waals surface area contributed by atoms with Crippen molar-refractivity contribution in [3.8, 4) is 18.0 Å². The maximum absolute atomic E-state index is 13.0. The van der Waals surface area contributed by atoms with E-state index in [9.17, 15) is 4.79 Å². The zero-order valence-electron chi connectivity index (χ0n) is 17.9. The van der Waals surface area contributed by atoms with E-state index < -0.39 is 0 Å². The zero-order chi connectivity index (χ0) is 23.0. The highest BCUT2D eigenvalue weighted by Crippen LogP contribution is 2.21. The Labute approximate surface area is 194 Å². The maximum atomic E-state index is 13.0. The lowest BCUT2D eigenvalue weighted by atomic mass is 10.1. The van der Waals surface area contributed by atoms with E-state index in [0.717, 1.165) is 10.2 Å². The van der Waals surface area contributed by atoms with Gasteiger partial charge in [0.1, 0.15) is 25.9 Å². The van der Waals surface area contributed by atoms with Gasteiger partial charge in [0.15, 0.2) is 0 Å². The Hall–Kier alpha value is -3.57. The molecule has 33 heavy (non-hydrogen) atoms. The van der Waals surface area contributed by atoms with Crippen molar-refractivity contribution in [3.63, 3.8) is 0 Å². The first-order chi connectivity index (χ1) is 16.2. The molecule has 1 aliphatic rings. The second-order valence-corrected chi connectivity index (χ2v) is 7.86. The third-order valence-electron chi connectivity index (χ3n) is 4.64. The first kappa shape index (κ1) is 22.6. The van der Waals surface area contributed by atoms with Crippen LogP contribution in [0.25, 0.3) is 10.2 Å². The second-order valence-electron chi connectivity index (χ2n) is 6.97. The minimum Gasteiger partial charge on any atom is -0.460 e. The Morgan fingerprint density at radius 2 is 1.82 bits per heavy atom. The Balaban J connectivity index is 1.39. The van der Waals surface area contributed by atoms with Gasteiger partial charge < -0.3 is 23.8 Å². The van der Waals surface area contributed by atoms with Crippen LogP contribution in [0.3, 0.4) is 0 Å². The summed E-state index contributed by atoms with van der Waals surface area (Å²) >= 11 is 1.51. The Bertz CT molecular complexity index is 1110. The van der Waals surface area contributed by atoms with E-state index in [1.165, 1.54) is 11.3 Å². The van der Waals surface area contributed by atoms with E-state index >= 15 is 0 Å². The first-order valence-corrected chi connectivity index (χ1v) is 11.1. The van der Waals surface area contributed by atoms with Crippen LogP contribution in [0.2, 0.25) is 0 Å². The van der Waals surface area contributed by atoms with Crippen LogP contribution in [0, 0.1) is 0 Å². The second kappa shape index (κ2) is 10.8. The number of carbonyl (C=O) groups is 1. The molecule has 1 unspecified atom stereocenters. The number of fused-ring (bicyclic) bond motifs is 1. The van der Waals surface area contributed by atoms with Gasteiger partial charge >= 0.3 is 18.0 Å². The van der Waals surface area contributed by atoms with Gasteiger partial charge in [0.25, 0.3) is 5.91 Å². The number of ether oxygens (including phenoxy) is 4. The van der Waals surface area contributed by atoms with Crippen molar-refractivity contribution < 1.29 is 23.7 Å². The number of carbonyl (C=O) groups excluding carboxylic acids is 1. The molecule has 1 saturated heterocycles. The molecular formula is C22H23N5O5S. The standard InChI is InChI=1S/C22H23N5O5S/c1-3-8-30-20-24-21(31-9-4-2)26-22(25-20)32-13-16-12-27(7-10-29-16)19(28)15-5-6-17-18(11-15)33-14-23-17/h3-6,11,14,16H,1-2,7-10,12-13H2. The van der Waals surface area contributed by atoms with E-state index in [-0.39, 0.29) is 49.9 Å². The van der Waals surface area contributed by atoms with Gasteiger partial charge in [0.05, 0.1) is 28.9 Å². The normalized spacial score (nSPS) is 15.8. The Morgan fingerprint density at radius 1 is 1.12 bits per heavy atom. The van der Waals surface area contributed by atoms with Gasteiger partial charge in [-0.25, -0.2) is 4.98 Å². The summed E-state index contributed by atoms with van der Waals surface area (Å²) in [7, 11) is 0. The number of rotatable bonds is 10. The lowest BCUT2D eigenvalue weighted by Gasteiger charge is -2.32. The summed E-state index contributed by atoms with van der Waals surface area (Å²) in [5.41, 5.74) is 3.28. The van der Waals surface area contributed by atoms with Gasteiger partial charge in [0.2, 0.25) is 0 Å². The Morgan fingerprint density at radius 3 is 2.52 bits per heavy atom.